The van der Waals surface area contributed by atoms with Gasteiger partial charge in [-0.2, -0.15) is 5.26 Å². The van der Waals surface area contributed by atoms with E-state index in [4.69, 9.17) is 19.5 Å². The highest BCUT2D eigenvalue weighted by atomic mass is 16.5. The van der Waals surface area contributed by atoms with Crippen LogP contribution in [0.4, 0.5) is 0 Å². The van der Waals surface area contributed by atoms with Crippen molar-refractivity contribution in [2.45, 2.75) is 31.6 Å². The van der Waals surface area contributed by atoms with E-state index >= 15 is 0 Å². The average molecular weight is 344 g/mol. The van der Waals surface area contributed by atoms with Gasteiger partial charge in [0.15, 0.2) is 12.2 Å². The van der Waals surface area contributed by atoms with Crippen molar-refractivity contribution in [3.63, 3.8) is 0 Å². The monoisotopic (exact) mass is 344 g/mol. The van der Waals surface area contributed by atoms with Crippen LogP contribution in [0.15, 0.2) is 36.5 Å². The zero-order valence-electron chi connectivity index (χ0n) is 14.3. The van der Waals surface area contributed by atoms with Gasteiger partial charge in [-0.25, -0.2) is 4.79 Å². The fourth-order valence-corrected chi connectivity index (χ4v) is 2.60. The Hall–Kier alpha value is -2.78. The maximum Gasteiger partial charge on any atom is 0.174 e. The largest absolute Gasteiger partial charge is 0.497 e. The summed E-state index contributed by atoms with van der Waals surface area (Å²) in [4.78, 5) is 10.1. The zero-order valence-corrected chi connectivity index (χ0v) is 14.3. The molecule has 7 nitrogen and oxygen atoms in total. The molecule has 0 bridgehead atoms. The predicted octanol–water partition coefficient (Wildman–Crippen LogP) is 1.57. The van der Waals surface area contributed by atoms with Crippen LogP contribution in [0.1, 0.15) is 31.0 Å². The van der Waals surface area contributed by atoms with Gasteiger partial charge >= 0.3 is 0 Å². The van der Waals surface area contributed by atoms with Crippen LogP contribution in [0, 0.1) is 11.3 Å². The minimum atomic E-state index is -0.858. The summed E-state index contributed by atoms with van der Waals surface area (Å²) in [5.41, 5.74) is 0.352. The fourth-order valence-electron chi connectivity index (χ4n) is 2.60. The van der Waals surface area contributed by atoms with Gasteiger partial charge in [0.05, 0.1) is 31.3 Å². The molecule has 1 aromatic carbocycles. The second kappa shape index (κ2) is 7.86. The summed E-state index contributed by atoms with van der Waals surface area (Å²) in [6, 6.07) is 6.68. The topological polar surface area (TPSA) is 101 Å². The third kappa shape index (κ3) is 4.20. The molecule has 0 spiro atoms. The number of hydrogen-bond acceptors (Lipinski definition) is 7. The van der Waals surface area contributed by atoms with Crippen molar-refractivity contribution in [1.82, 2.24) is 5.32 Å². The van der Waals surface area contributed by atoms with E-state index in [1.165, 1.54) is 19.3 Å². The van der Waals surface area contributed by atoms with Crippen LogP contribution in [0.2, 0.25) is 0 Å². The van der Waals surface area contributed by atoms with Crippen molar-refractivity contribution < 1.29 is 24.1 Å². The summed E-state index contributed by atoms with van der Waals surface area (Å²) < 4.78 is 15.9. The normalized spacial score (nSPS) is 21.2. The SMILES string of the molecule is COC(=COC=C=O)CN[C@H]1c2cc(C#N)ccc2OC(C)(C)[C@@H]1O. The Labute approximate surface area is 146 Å². The molecule has 1 heterocycles. The number of nitrogens with zero attached hydrogens (tertiary/aromatic N) is 1. The number of aliphatic hydroxyl groups excluding tert-OH is 1. The van der Waals surface area contributed by atoms with E-state index < -0.39 is 17.7 Å². The van der Waals surface area contributed by atoms with E-state index in [1.54, 1.807) is 32.0 Å². The van der Waals surface area contributed by atoms with Gasteiger partial charge in [0.1, 0.15) is 29.5 Å². The van der Waals surface area contributed by atoms with E-state index in [9.17, 15) is 9.90 Å². The minimum Gasteiger partial charge on any atom is -0.497 e. The molecule has 0 saturated heterocycles. The van der Waals surface area contributed by atoms with Crippen LogP contribution in [-0.4, -0.2) is 36.4 Å². The fraction of sp³-hybridized carbons (Fsp3) is 0.389. The first-order valence-electron chi connectivity index (χ1n) is 7.65. The van der Waals surface area contributed by atoms with Gasteiger partial charge in [0, 0.05) is 5.56 Å². The highest BCUT2D eigenvalue weighted by molar-refractivity contribution is 5.46. The number of rotatable bonds is 6. The van der Waals surface area contributed by atoms with Gasteiger partial charge in [-0.1, -0.05) is 0 Å². The quantitative estimate of drug-likeness (QED) is 0.597. The molecule has 0 aliphatic carbocycles. The first kappa shape index (κ1) is 18.6. The highest BCUT2D eigenvalue weighted by Gasteiger charge is 2.42. The van der Waals surface area contributed by atoms with Crippen molar-refractivity contribution >= 4 is 5.94 Å². The number of carbonyl (C=O) groups excluding carboxylic acids is 1. The Bertz CT molecular complexity index is 744. The molecule has 7 heteroatoms. The van der Waals surface area contributed by atoms with Crippen molar-refractivity contribution in [3.8, 4) is 11.8 Å². The number of fused-ring (bicyclic) bond motifs is 1. The Kier molecular flexibility index (Phi) is 5.84. The Morgan fingerprint density at radius 2 is 2.28 bits per heavy atom. The third-order valence-corrected chi connectivity index (χ3v) is 3.95. The first-order chi connectivity index (χ1) is 11.9. The van der Waals surface area contributed by atoms with E-state index in [1.807, 2.05) is 0 Å². The standard InChI is InChI=1S/C18H20N2O5/c1-18(2)17(22)16(20-10-13(23-3)11-24-7-6-21)14-8-12(9-19)4-5-15(14)25-18/h4-5,7-8,11,16-17,20,22H,10H2,1-3H3/t16-,17+/m0/s1. The van der Waals surface area contributed by atoms with Crippen LogP contribution in [-0.2, 0) is 14.3 Å². The second-order valence-corrected chi connectivity index (χ2v) is 6.03. The lowest BCUT2D eigenvalue weighted by atomic mass is 9.86. The minimum absolute atomic E-state index is 0.233. The van der Waals surface area contributed by atoms with E-state index in [0.29, 0.717) is 22.6 Å². The van der Waals surface area contributed by atoms with Crippen LogP contribution < -0.4 is 10.1 Å². The summed E-state index contributed by atoms with van der Waals surface area (Å²) in [6.45, 7) is 3.81. The lowest BCUT2D eigenvalue weighted by molar-refractivity contribution is -0.0644. The van der Waals surface area contributed by atoms with E-state index in [0.717, 1.165) is 6.26 Å². The van der Waals surface area contributed by atoms with Crippen molar-refractivity contribution in [1.29, 1.82) is 5.26 Å². The molecule has 0 amide bonds. The van der Waals surface area contributed by atoms with Crippen LogP contribution in [0.3, 0.4) is 0 Å². The number of nitriles is 1. The second-order valence-electron chi connectivity index (χ2n) is 6.03. The smallest absolute Gasteiger partial charge is 0.174 e. The molecular formula is C18H20N2O5. The first-order valence-corrected chi connectivity index (χ1v) is 7.65. The number of benzene rings is 1. The molecule has 2 rings (SSSR count). The molecule has 0 radical (unpaired) electrons. The summed E-state index contributed by atoms with van der Waals surface area (Å²) >= 11 is 0. The zero-order chi connectivity index (χ0) is 18.4. The van der Waals surface area contributed by atoms with E-state index in [-0.39, 0.29) is 6.54 Å². The average Bonchev–Trinajstić information content (AvgIpc) is 2.60. The number of nitrogens with one attached hydrogen (secondary N) is 1. The summed E-state index contributed by atoms with van der Waals surface area (Å²) in [6.07, 6.45) is 1.27. The number of hydrogen-bond donors (Lipinski definition) is 2. The maximum atomic E-state index is 10.7. The molecule has 1 aliphatic heterocycles. The Balaban J connectivity index is 2.27. The molecule has 132 valence electrons. The van der Waals surface area contributed by atoms with Crippen LogP contribution in [0.25, 0.3) is 0 Å². The molecule has 0 fully saturated rings. The van der Waals surface area contributed by atoms with Gasteiger partial charge in [-0.05, 0) is 32.0 Å². The van der Waals surface area contributed by atoms with Crippen LogP contribution in [0.5, 0.6) is 5.75 Å². The molecule has 1 aromatic rings. The molecule has 1 aliphatic rings. The molecule has 25 heavy (non-hydrogen) atoms. The van der Waals surface area contributed by atoms with Gasteiger partial charge in [-0.3, -0.25) is 0 Å². The summed E-state index contributed by atoms with van der Waals surface area (Å²) in [5, 5.41) is 23.0. The van der Waals surface area contributed by atoms with Gasteiger partial charge in [-0.15, -0.1) is 0 Å². The summed E-state index contributed by atoms with van der Waals surface area (Å²) in [5.74, 6) is 2.52. The van der Waals surface area contributed by atoms with E-state index in [2.05, 4.69) is 11.4 Å². The molecular weight excluding hydrogens is 324 g/mol. The van der Waals surface area contributed by atoms with Gasteiger partial charge < -0.3 is 24.6 Å². The van der Waals surface area contributed by atoms with Crippen molar-refractivity contribution in [2.24, 2.45) is 0 Å². The van der Waals surface area contributed by atoms with Gasteiger partial charge in [0.25, 0.3) is 0 Å². The molecule has 0 aromatic heterocycles. The number of methoxy groups -OCH3 is 1. The maximum absolute atomic E-state index is 10.7. The Morgan fingerprint density at radius 1 is 1.52 bits per heavy atom. The Morgan fingerprint density at radius 3 is 2.92 bits per heavy atom. The molecule has 0 unspecified atom stereocenters. The van der Waals surface area contributed by atoms with Crippen molar-refractivity contribution in [3.05, 3.63) is 47.6 Å². The molecule has 2 atom stereocenters. The predicted molar refractivity (Wildman–Crippen MR) is 89.1 cm³/mol. The number of ether oxygens (including phenoxy) is 3. The van der Waals surface area contributed by atoms with Crippen molar-refractivity contribution in [2.75, 3.05) is 13.7 Å². The van der Waals surface area contributed by atoms with Gasteiger partial charge in [0.2, 0.25) is 0 Å². The molecule has 2 N–H and O–H groups in total. The lowest BCUT2D eigenvalue weighted by Crippen LogP contribution is -2.52. The van der Waals surface area contributed by atoms with Crippen LogP contribution >= 0.6 is 0 Å². The summed E-state index contributed by atoms with van der Waals surface area (Å²) in [7, 11) is 1.47. The third-order valence-electron chi connectivity index (χ3n) is 3.95. The molecule has 0 saturated carbocycles. The number of aliphatic hydroxyl groups is 1. The highest BCUT2D eigenvalue weighted by Crippen LogP contribution is 2.40. The lowest BCUT2D eigenvalue weighted by Gasteiger charge is -2.42.